The van der Waals surface area contributed by atoms with E-state index in [1.54, 1.807) is 23.9 Å². The maximum atomic E-state index is 12.7. The molecule has 0 unspecified atom stereocenters. The molecule has 1 spiro atoms. The Morgan fingerprint density at radius 1 is 1.32 bits per heavy atom. The molecule has 0 aliphatic carbocycles. The predicted molar refractivity (Wildman–Crippen MR) is 95.7 cm³/mol. The van der Waals surface area contributed by atoms with Gasteiger partial charge in [0.2, 0.25) is 5.91 Å². The summed E-state index contributed by atoms with van der Waals surface area (Å²) in [5.41, 5.74) is 0.770. The highest BCUT2D eigenvalue weighted by Gasteiger charge is 2.41. The summed E-state index contributed by atoms with van der Waals surface area (Å²) in [6.07, 6.45) is 5.15. The summed E-state index contributed by atoms with van der Waals surface area (Å²) in [6, 6.07) is 1.72. The van der Waals surface area contributed by atoms with E-state index in [1.165, 1.54) is 0 Å². The van der Waals surface area contributed by atoms with E-state index in [2.05, 4.69) is 0 Å². The molecule has 2 amide bonds. The highest BCUT2D eigenvalue weighted by Crippen LogP contribution is 2.40. The molecule has 6 nitrogen and oxygen atoms in total. The number of halogens is 1. The Kier molecular flexibility index (Phi) is 5.39. The number of hydrogen-bond donors (Lipinski definition) is 0. The average Bonchev–Trinajstić information content (AvgIpc) is 2.94. The van der Waals surface area contributed by atoms with Gasteiger partial charge in [0.1, 0.15) is 5.69 Å². The Hall–Kier alpha value is -1.53. The molecule has 1 aromatic heterocycles. The van der Waals surface area contributed by atoms with Crippen molar-refractivity contribution >= 4 is 23.4 Å². The Morgan fingerprint density at radius 2 is 2.04 bits per heavy atom. The van der Waals surface area contributed by atoms with E-state index in [1.807, 2.05) is 16.8 Å². The minimum absolute atomic E-state index is 0.0346. The topological polar surface area (TPSA) is 54.8 Å². The number of carbonyl (C=O) groups excluding carboxylic acids is 2. The molecule has 1 aromatic rings. The van der Waals surface area contributed by atoms with Crippen LogP contribution in [-0.2, 0) is 16.6 Å². The van der Waals surface area contributed by atoms with Gasteiger partial charge >= 0.3 is 0 Å². The van der Waals surface area contributed by atoms with Gasteiger partial charge in [0, 0.05) is 53.0 Å². The van der Waals surface area contributed by atoms with Crippen molar-refractivity contribution in [1.29, 1.82) is 0 Å². The molecule has 2 aliphatic heterocycles. The summed E-state index contributed by atoms with van der Waals surface area (Å²) in [6.45, 7) is 3.47. The number of methoxy groups -OCH3 is 1. The van der Waals surface area contributed by atoms with Crippen LogP contribution in [0.5, 0.6) is 0 Å². The van der Waals surface area contributed by atoms with Gasteiger partial charge in [0.25, 0.3) is 5.91 Å². The van der Waals surface area contributed by atoms with Crippen molar-refractivity contribution < 1.29 is 14.3 Å². The van der Waals surface area contributed by atoms with E-state index in [0.717, 1.165) is 38.9 Å². The first-order valence-electron chi connectivity index (χ1n) is 8.82. The van der Waals surface area contributed by atoms with E-state index in [0.29, 0.717) is 30.3 Å². The van der Waals surface area contributed by atoms with Gasteiger partial charge in [-0.3, -0.25) is 9.59 Å². The van der Waals surface area contributed by atoms with Crippen molar-refractivity contribution in [3.63, 3.8) is 0 Å². The molecular weight excluding hydrogens is 342 g/mol. The number of carbonyl (C=O) groups is 2. The van der Waals surface area contributed by atoms with Crippen LogP contribution in [0.15, 0.2) is 12.3 Å². The molecule has 0 atom stereocenters. The standard InChI is InChI=1S/C18H26ClN3O3/c1-20-12-14(19)11-15(20)17(24)21-7-5-18(6-8-21)4-3-16(23)22(13-18)9-10-25-2/h11-12H,3-10,13H2,1-2H3. The van der Waals surface area contributed by atoms with Gasteiger partial charge in [-0.2, -0.15) is 0 Å². The van der Waals surface area contributed by atoms with Crippen molar-refractivity contribution in [2.24, 2.45) is 12.5 Å². The number of likely N-dealkylation sites (tertiary alicyclic amines) is 2. The number of hydrogen-bond acceptors (Lipinski definition) is 3. The number of rotatable bonds is 4. The van der Waals surface area contributed by atoms with Crippen molar-refractivity contribution in [2.75, 3.05) is 39.9 Å². The Labute approximate surface area is 153 Å². The summed E-state index contributed by atoms with van der Waals surface area (Å²) in [7, 11) is 3.50. The first-order valence-corrected chi connectivity index (χ1v) is 9.20. The summed E-state index contributed by atoms with van der Waals surface area (Å²) >= 11 is 6.00. The van der Waals surface area contributed by atoms with E-state index in [9.17, 15) is 9.59 Å². The lowest BCUT2D eigenvalue weighted by atomic mass is 9.72. The van der Waals surface area contributed by atoms with Gasteiger partial charge in [-0.05, 0) is 30.7 Å². The fourth-order valence-corrected chi connectivity index (χ4v) is 4.25. The van der Waals surface area contributed by atoms with Crippen LogP contribution in [-0.4, -0.2) is 66.1 Å². The quantitative estimate of drug-likeness (QED) is 0.819. The molecular formula is C18H26ClN3O3. The molecule has 2 saturated heterocycles. The molecule has 3 heterocycles. The van der Waals surface area contributed by atoms with E-state index in [-0.39, 0.29) is 17.2 Å². The number of aromatic nitrogens is 1. The number of aryl methyl sites for hydroxylation is 1. The van der Waals surface area contributed by atoms with Crippen LogP contribution >= 0.6 is 11.6 Å². The fourth-order valence-electron chi connectivity index (χ4n) is 4.00. The summed E-state index contributed by atoms with van der Waals surface area (Å²) in [4.78, 5) is 28.7. The fraction of sp³-hybridized carbons (Fsp3) is 0.667. The van der Waals surface area contributed by atoms with Crippen LogP contribution in [0.4, 0.5) is 0 Å². The second-order valence-electron chi connectivity index (χ2n) is 7.25. The second kappa shape index (κ2) is 7.38. The van der Waals surface area contributed by atoms with Crippen LogP contribution in [0, 0.1) is 5.41 Å². The first kappa shape index (κ1) is 18.3. The average molecular weight is 368 g/mol. The Bertz CT molecular complexity index is 650. The van der Waals surface area contributed by atoms with Crippen molar-refractivity contribution in [3.05, 3.63) is 23.0 Å². The third kappa shape index (κ3) is 3.85. The molecule has 0 N–H and O–H groups in total. The lowest BCUT2D eigenvalue weighted by molar-refractivity contribution is -0.139. The second-order valence-corrected chi connectivity index (χ2v) is 7.69. The monoisotopic (exact) mass is 367 g/mol. The van der Waals surface area contributed by atoms with Gasteiger partial charge < -0.3 is 19.1 Å². The lowest BCUT2D eigenvalue weighted by Crippen LogP contribution is -2.53. The van der Waals surface area contributed by atoms with Crippen LogP contribution < -0.4 is 0 Å². The molecule has 7 heteroatoms. The van der Waals surface area contributed by atoms with Gasteiger partial charge in [0.05, 0.1) is 11.6 Å². The van der Waals surface area contributed by atoms with Crippen molar-refractivity contribution in [2.45, 2.75) is 25.7 Å². The highest BCUT2D eigenvalue weighted by molar-refractivity contribution is 6.31. The smallest absolute Gasteiger partial charge is 0.270 e. The molecule has 138 valence electrons. The maximum absolute atomic E-state index is 12.7. The Balaban J connectivity index is 1.62. The molecule has 0 aromatic carbocycles. The van der Waals surface area contributed by atoms with Crippen LogP contribution in [0.2, 0.25) is 5.02 Å². The Morgan fingerprint density at radius 3 is 2.64 bits per heavy atom. The molecule has 2 aliphatic rings. The zero-order valence-electron chi connectivity index (χ0n) is 15.0. The molecule has 0 radical (unpaired) electrons. The third-order valence-corrected chi connectivity index (χ3v) is 5.82. The third-order valence-electron chi connectivity index (χ3n) is 5.62. The highest BCUT2D eigenvalue weighted by atomic mass is 35.5. The molecule has 25 heavy (non-hydrogen) atoms. The molecule has 3 rings (SSSR count). The minimum atomic E-state index is 0.0346. The van der Waals surface area contributed by atoms with Crippen LogP contribution in [0.3, 0.4) is 0 Å². The van der Waals surface area contributed by atoms with E-state index < -0.39 is 0 Å². The van der Waals surface area contributed by atoms with Crippen molar-refractivity contribution in [3.8, 4) is 0 Å². The molecule has 2 fully saturated rings. The van der Waals surface area contributed by atoms with Gasteiger partial charge in [-0.1, -0.05) is 11.6 Å². The molecule has 0 saturated carbocycles. The van der Waals surface area contributed by atoms with Crippen LogP contribution in [0.1, 0.15) is 36.2 Å². The van der Waals surface area contributed by atoms with Gasteiger partial charge in [0.15, 0.2) is 0 Å². The SMILES string of the molecule is COCCN1CC2(CCC1=O)CCN(C(=O)c1cc(Cl)cn1C)CC2. The van der Waals surface area contributed by atoms with Crippen LogP contribution in [0.25, 0.3) is 0 Å². The largest absolute Gasteiger partial charge is 0.383 e. The van der Waals surface area contributed by atoms with E-state index in [4.69, 9.17) is 16.3 Å². The summed E-state index contributed by atoms with van der Waals surface area (Å²) in [5, 5.41) is 0.582. The minimum Gasteiger partial charge on any atom is -0.383 e. The maximum Gasteiger partial charge on any atom is 0.270 e. The zero-order chi connectivity index (χ0) is 18.0. The normalized spacial score (nSPS) is 20.4. The summed E-state index contributed by atoms with van der Waals surface area (Å²) < 4.78 is 6.90. The van der Waals surface area contributed by atoms with Crippen molar-refractivity contribution in [1.82, 2.24) is 14.4 Å². The lowest BCUT2D eigenvalue weighted by Gasteiger charge is -2.47. The summed E-state index contributed by atoms with van der Waals surface area (Å²) in [5.74, 6) is 0.256. The number of amides is 2. The van der Waals surface area contributed by atoms with E-state index >= 15 is 0 Å². The van der Waals surface area contributed by atoms with Gasteiger partial charge in [-0.15, -0.1) is 0 Å². The number of nitrogens with zero attached hydrogens (tertiary/aromatic N) is 3. The van der Waals surface area contributed by atoms with Gasteiger partial charge in [-0.25, -0.2) is 0 Å². The number of piperidine rings is 2. The molecule has 0 bridgehead atoms. The number of ether oxygens (including phenoxy) is 1. The predicted octanol–water partition coefficient (Wildman–Crippen LogP) is 2.17. The first-order chi connectivity index (χ1) is 11.9. The zero-order valence-corrected chi connectivity index (χ0v) is 15.7.